The zero-order valence-electron chi connectivity index (χ0n) is 8.31. The van der Waals surface area contributed by atoms with Crippen LogP contribution >= 0.6 is 0 Å². The number of methoxy groups -OCH3 is 1. The van der Waals surface area contributed by atoms with E-state index in [0.717, 1.165) is 6.07 Å². The molecular formula is C9H10N2O4. The van der Waals surface area contributed by atoms with Crippen molar-refractivity contribution < 1.29 is 14.5 Å². The fourth-order valence-corrected chi connectivity index (χ4v) is 1.28. The second-order valence-corrected chi connectivity index (χ2v) is 2.93. The number of rotatable bonds is 3. The van der Waals surface area contributed by atoms with Gasteiger partial charge in [0, 0.05) is 17.8 Å². The average molecular weight is 210 g/mol. The molecule has 2 N–H and O–H groups in total. The first-order valence-electron chi connectivity index (χ1n) is 4.10. The second-order valence-electron chi connectivity index (χ2n) is 2.93. The van der Waals surface area contributed by atoms with Gasteiger partial charge >= 0.3 is 0 Å². The van der Waals surface area contributed by atoms with Gasteiger partial charge in [0.2, 0.25) is 0 Å². The van der Waals surface area contributed by atoms with Crippen LogP contribution in [0.1, 0.15) is 17.3 Å². The second kappa shape index (κ2) is 3.95. The SMILES string of the molecule is COc1cc(N)cc([N+](=O)[O-])c1C(C)=O. The molecule has 0 fully saturated rings. The van der Waals surface area contributed by atoms with E-state index in [1.54, 1.807) is 0 Å². The first-order valence-corrected chi connectivity index (χ1v) is 4.10. The summed E-state index contributed by atoms with van der Waals surface area (Å²) >= 11 is 0. The highest BCUT2D eigenvalue weighted by molar-refractivity contribution is 6.01. The standard InChI is InChI=1S/C9H10N2O4/c1-5(12)9-7(11(13)14)3-6(10)4-8(9)15-2/h3-4H,10H2,1-2H3. The number of nitrogen functional groups attached to an aromatic ring is 1. The number of hydrogen-bond donors (Lipinski definition) is 1. The lowest BCUT2D eigenvalue weighted by atomic mass is 10.1. The average Bonchev–Trinajstić information content (AvgIpc) is 2.15. The number of carbonyl (C=O) groups excluding carboxylic acids is 1. The minimum absolute atomic E-state index is 0.0586. The summed E-state index contributed by atoms with van der Waals surface area (Å²) in [5.41, 5.74) is 5.24. The van der Waals surface area contributed by atoms with Crippen LogP contribution in [-0.2, 0) is 0 Å². The van der Waals surface area contributed by atoms with E-state index in [2.05, 4.69) is 0 Å². The lowest BCUT2D eigenvalue weighted by molar-refractivity contribution is -0.385. The molecule has 6 nitrogen and oxygen atoms in total. The molecule has 0 aliphatic rings. The Bertz CT molecular complexity index is 428. The van der Waals surface area contributed by atoms with Crippen molar-refractivity contribution in [3.63, 3.8) is 0 Å². The Balaban J connectivity index is 3.54. The zero-order valence-corrected chi connectivity index (χ0v) is 8.31. The van der Waals surface area contributed by atoms with Crippen LogP contribution in [0.2, 0.25) is 0 Å². The number of Topliss-reactive ketones (excluding diaryl/α,β-unsaturated/α-hetero) is 1. The number of nitrogens with two attached hydrogens (primary N) is 1. The van der Waals surface area contributed by atoms with Crippen LogP contribution < -0.4 is 10.5 Å². The third-order valence-electron chi connectivity index (χ3n) is 1.87. The Morgan fingerprint density at radius 2 is 2.13 bits per heavy atom. The smallest absolute Gasteiger partial charge is 0.286 e. The maximum absolute atomic E-state index is 11.2. The van der Waals surface area contributed by atoms with Gasteiger partial charge in [-0.05, 0) is 6.92 Å². The number of nitro benzene ring substituents is 1. The van der Waals surface area contributed by atoms with Crippen LogP contribution in [0.25, 0.3) is 0 Å². The number of ketones is 1. The number of nitro groups is 1. The molecule has 0 saturated carbocycles. The molecule has 0 atom stereocenters. The molecule has 0 amide bonds. The topological polar surface area (TPSA) is 95.5 Å². The normalized spacial score (nSPS) is 9.73. The van der Waals surface area contributed by atoms with Gasteiger partial charge in [-0.25, -0.2) is 0 Å². The minimum Gasteiger partial charge on any atom is -0.496 e. The highest BCUT2D eigenvalue weighted by Crippen LogP contribution is 2.31. The number of benzene rings is 1. The molecule has 0 spiro atoms. The van der Waals surface area contributed by atoms with Crippen LogP contribution in [0.4, 0.5) is 11.4 Å². The quantitative estimate of drug-likeness (QED) is 0.352. The van der Waals surface area contributed by atoms with Crippen molar-refractivity contribution in [3.8, 4) is 5.75 Å². The fourth-order valence-electron chi connectivity index (χ4n) is 1.28. The van der Waals surface area contributed by atoms with Gasteiger partial charge in [-0.15, -0.1) is 0 Å². The summed E-state index contributed by atoms with van der Waals surface area (Å²) in [4.78, 5) is 21.3. The number of anilines is 1. The van der Waals surface area contributed by atoms with Crippen molar-refractivity contribution in [2.24, 2.45) is 0 Å². The minimum atomic E-state index is -0.657. The van der Waals surface area contributed by atoms with Crippen LogP contribution in [0, 0.1) is 10.1 Å². The molecule has 0 saturated heterocycles. The molecule has 1 rings (SSSR count). The Kier molecular flexibility index (Phi) is 2.89. The number of carbonyl (C=O) groups is 1. The van der Waals surface area contributed by atoms with Crippen molar-refractivity contribution in [2.45, 2.75) is 6.92 Å². The van der Waals surface area contributed by atoms with Crippen molar-refractivity contribution in [2.75, 3.05) is 12.8 Å². The van der Waals surface area contributed by atoms with Gasteiger partial charge in [0.25, 0.3) is 5.69 Å². The van der Waals surface area contributed by atoms with Crippen LogP contribution in [-0.4, -0.2) is 17.8 Å². The first kappa shape index (κ1) is 11.0. The maximum atomic E-state index is 11.2. The highest BCUT2D eigenvalue weighted by Gasteiger charge is 2.23. The molecule has 1 aromatic carbocycles. The zero-order chi connectivity index (χ0) is 11.6. The summed E-state index contributed by atoms with van der Waals surface area (Å²) in [6.07, 6.45) is 0. The summed E-state index contributed by atoms with van der Waals surface area (Å²) < 4.78 is 4.87. The molecule has 0 radical (unpaired) electrons. The monoisotopic (exact) mass is 210 g/mol. The van der Waals surface area contributed by atoms with E-state index in [0.29, 0.717) is 0 Å². The summed E-state index contributed by atoms with van der Waals surface area (Å²) in [6.45, 7) is 1.24. The molecule has 80 valence electrons. The van der Waals surface area contributed by atoms with Crippen molar-refractivity contribution in [3.05, 3.63) is 27.8 Å². The van der Waals surface area contributed by atoms with Gasteiger partial charge in [0.05, 0.1) is 12.0 Å². The molecular weight excluding hydrogens is 200 g/mol. The molecule has 1 aromatic rings. The summed E-state index contributed by atoms with van der Waals surface area (Å²) in [5.74, 6) is -0.312. The Labute approximate surface area is 85.8 Å². The van der Waals surface area contributed by atoms with Crippen LogP contribution in [0.15, 0.2) is 12.1 Å². The molecule has 0 aliphatic heterocycles. The van der Waals surface area contributed by atoms with Gasteiger partial charge in [0.15, 0.2) is 5.78 Å². The summed E-state index contributed by atoms with van der Waals surface area (Å²) in [6, 6.07) is 2.52. The summed E-state index contributed by atoms with van der Waals surface area (Å²) in [5, 5.41) is 10.7. The Morgan fingerprint density at radius 3 is 2.53 bits per heavy atom. The van der Waals surface area contributed by atoms with E-state index in [9.17, 15) is 14.9 Å². The largest absolute Gasteiger partial charge is 0.496 e. The highest BCUT2D eigenvalue weighted by atomic mass is 16.6. The van der Waals surface area contributed by atoms with E-state index >= 15 is 0 Å². The van der Waals surface area contributed by atoms with E-state index in [1.165, 1.54) is 20.1 Å². The molecule has 15 heavy (non-hydrogen) atoms. The lowest BCUT2D eigenvalue weighted by Gasteiger charge is -2.07. The third-order valence-corrected chi connectivity index (χ3v) is 1.87. The Morgan fingerprint density at radius 1 is 1.53 bits per heavy atom. The Hall–Kier alpha value is -2.11. The number of nitrogens with zero attached hydrogens (tertiary/aromatic N) is 1. The molecule has 0 aliphatic carbocycles. The van der Waals surface area contributed by atoms with Gasteiger partial charge in [-0.1, -0.05) is 0 Å². The number of hydrogen-bond acceptors (Lipinski definition) is 5. The van der Waals surface area contributed by atoms with Crippen molar-refractivity contribution >= 4 is 17.2 Å². The summed E-state index contributed by atoms with van der Waals surface area (Å²) in [7, 11) is 1.32. The number of ether oxygens (including phenoxy) is 1. The van der Waals surface area contributed by atoms with Gasteiger partial charge in [-0.3, -0.25) is 14.9 Å². The predicted octanol–water partition coefficient (Wildman–Crippen LogP) is 1.39. The van der Waals surface area contributed by atoms with Crippen LogP contribution in [0.3, 0.4) is 0 Å². The molecule has 0 aromatic heterocycles. The molecule has 0 unspecified atom stereocenters. The lowest BCUT2D eigenvalue weighted by Crippen LogP contribution is -2.04. The first-order chi connectivity index (χ1) is 6.97. The molecule has 0 bridgehead atoms. The maximum Gasteiger partial charge on any atom is 0.286 e. The van der Waals surface area contributed by atoms with Gasteiger partial charge in [0.1, 0.15) is 11.3 Å². The third kappa shape index (κ3) is 2.04. The van der Waals surface area contributed by atoms with Crippen molar-refractivity contribution in [1.29, 1.82) is 0 Å². The predicted molar refractivity (Wildman–Crippen MR) is 54.1 cm³/mol. The van der Waals surface area contributed by atoms with E-state index < -0.39 is 10.7 Å². The van der Waals surface area contributed by atoms with Crippen LogP contribution in [0.5, 0.6) is 5.75 Å². The van der Waals surface area contributed by atoms with Gasteiger partial charge in [-0.2, -0.15) is 0 Å². The molecule has 0 heterocycles. The van der Waals surface area contributed by atoms with Crippen molar-refractivity contribution in [1.82, 2.24) is 0 Å². The van der Waals surface area contributed by atoms with E-state index in [1.807, 2.05) is 0 Å². The van der Waals surface area contributed by atoms with Gasteiger partial charge < -0.3 is 10.5 Å². The fraction of sp³-hybridized carbons (Fsp3) is 0.222. The van der Waals surface area contributed by atoms with E-state index in [4.69, 9.17) is 10.5 Å². The van der Waals surface area contributed by atoms with E-state index in [-0.39, 0.29) is 22.7 Å². The molecule has 6 heteroatoms.